The Bertz CT molecular complexity index is 713. The number of hydrogen-bond acceptors (Lipinski definition) is 3. The Labute approximate surface area is 145 Å². The zero-order valence-electron chi connectivity index (χ0n) is 14.2. The molecule has 0 aliphatic rings. The molecule has 128 valence electrons. The molecule has 1 N–H and O–H groups in total. The van der Waals surface area contributed by atoms with Gasteiger partial charge in [0.15, 0.2) is 0 Å². The van der Waals surface area contributed by atoms with Crippen LogP contribution in [-0.4, -0.2) is 23.5 Å². The Balaban J connectivity index is 2.12. The highest BCUT2D eigenvalue weighted by Crippen LogP contribution is 2.20. The lowest BCUT2D eigenvalue weighted by Gasteiger charge is -2.18. The first-order chi connectivity index (χ1) is 11.5. The Morgan fingerprint density at radius 1 is 1.21 bits per heavy atom. The second kappa shape index (κ2) is 8.64. The van der Waals surface area contributed by atoms with Crippen LogP contribution in [0, 0.1) is 0 Å². The zero-order chi connectivity index (χ0) is 17.5. The summed E-state index contributed by atoms with van der Waals surface area (Å²) in [5.74, 6) is 1.12. The third-order valence-electron chi connectivity index (χ3n) is 3.79. The molecule has 0 bridgehead atoms. The molecule has 0 saturated heterocycles. The maximum absolute atomic E-state index is 12.5. The molecule has 4 nitrogen and oxygen atoms in total. The minimum Gasteiger partial charge on any atom is -0.497 e. The van der Waals surface area contributed by atoms with Gasteiger partial charge in [0.05, 0.1) is 13.2 Å². The first-order valence-corrected chi connectivity index (χ1v) is 9.60. The highest BCUT2D eigenvalue weighted by atomic mass is 32.2. The van der Waals surface area contributed by atoms with Gasteiger partial charge in [0.2, 0.25) is 0 Å². The van der Waals surface area contributed by atoms with Crippen molar-refractivity contribution in [3.05, 3.63) is 65.2 Å². The molecule has 0 spiro atoms. The second-order valence-electron chi connectivity index (χ2n) is 5.63. The Morgan fingerprint density at radius 3 is 2.50 bits per heavy atom. The Morgan fingerprint density at radius 2 is 1.92 bits per heavy atom. The number of amides is 1. The van der Waals surface area contributed by atoms with Crippen LogP contribution in [0.1, 0.15) is 40.9 Å². The van der Waals surface area contributed by atoms with E-state index in [-0.39, 0.29) is 11.9 Å². The molecular weight excluding hydrogens is 322 g/mol. The predicted octanol–water partition coefficient (Wildman–Crippen LogP) is 3.45. The lowest BCUT2D eigenvalue weighted by molar-refractivity contribution is 0.0935. The lowest BCUT2D eigenvalue weighted by atomic mass is 10.0. The van der Waals surface area contributed by atoms with Crippen LogP contribution >= 0.6 is 0 Å². The van der Waals surface area contributed by atoms with E-state index >= 15 is 0 Å². The second-order valence-corrected chi connectivity index (χ2v) is 7.06. The number of carbonyl (C=O) groups is 1. The van der Waals surface area contributed by atoms with Crippen molar-refractivity contribution in [1.29, 1.82) is 0 Å². The summed E-state index contributed by atoms with van der Waals surface area (Å²) in [6.45, 7) is 2.03. The molecule has 5 heteroatoms. The van der Waals surface area contributed by atoms with Crippen molar-refractivity contribution < 1.29 is 13.7 Å². The average molecular weight is 345 g/mol. The highest BCUT2D eigenvalue weighted by molar-refractivity contribution is 7.83. The Kier molecular flexibility index (Phi) is 6.55. The summed E-state index contributed by atoms with van der Waals surface area (Å²) in [4.78, 5) is 12.5. The average Bonchev–Trinajstić information content (AvgIpc) is 2.59. The SMILES string of the molecule is CCC(NC(=O)c1cccc(CS(C)=O)c1)c1ccc(OC)cc1. The van der Waals surface area contributed by atoms with Crippen molar-refractivity contribution in [3.63, 3.8) is 0 Å². The summed E-state index contributed by atoms with van der Waals surface area (Å²) >= 11 is 0. The normalized spacial score (nSPS) is 13.1. The molecule has 2 unspecified atom stereocenters. The largest absolute Gasteiger partial charge is 0.497 e. The molecule has 2 rings (SSSR count). The van der Waals surface area contributed by atoms with Crippen LogP contribution in [0.3, 0.4) is 0 Å². The van der Waals surface area contributed by atoms with Crippen molar-refractivity contribution in [1.82, 2.24) is 5.32 Å². The number of benzene rings is 2. The molecule has 1 amide bonds. The van der Waals surface area contributed by atoms with Crippen LogP contribution in [0.15, 0.2) is 48.5 Å². The van der Waals surface area contributed by atoms with Gasteiger partial charge < -0.3 is 10.1 Å². The van der Waals surface area contributed by atoms with Gasteiger partial charge in [-0.2, -0.15) is 0 Å². The van der Waals surface area contributed by atoms with Crippen molar-refractivity contribution >= 4 is 16.7 Å². The number of hydrogen-bond donors (Lipinski definition) is 1. The first-order valence-electron chi connectivity index (χ1n) is 7.87. The fourth-order valence-corrected chi connectivity index (χ4v) is 3.18. The minimum atomic E-state index is -0.927. The molecule has 24 heavy (non-hydrogen) atoms. The van der Waals surface area contributed by atoms with Crippen LogP contribution in [0.4, 0.5) is 0 Å². The van der Waals surface area contributed by atoms with E-state index in [1.54, 1.807) is 25.5 Å². The molecule has 2 atom stereocenters. The number of rotatable bonds is 7. The highest BCUT2D eigenvalue weighted by Gasteiger charge is 2.14. The van der Waals surface area contributed by atoms with Crippen LogP contribution in [0.2, 0.25) is 0 Å². The van der Waals surface area contributed by atoms with Crippen LogP contribution in [-0.2, 0) is 16.6 Å². The molecule has 0 saturated carbocycles. The molecule has 0 aliphatic heterocycles. The number of methoxy groups -OCH3 is 1. The molecule has 0 aromatic heterocycles. The fourth-order valence-electron chi connectivity index (χ4n) is 2.54. The van der Waals surface area contributed by atoms with Gasteiger partial charge in [-0.05, 0) is 41.8 Å². The third-order valence-corrected chi connectivity index (χ3v) is 4.53. The van der Waals surface area contributed by atoms with Crippen molar-refractivity contribution in [2.45, 2.75) is 25.1 Å². The Hall–Kier alpha value is -2.14. The quantitative estimate of drug-likeness (QED) is 0.836. The number of carbonyl (C=O) groups excluding carboxylic acids is 1. The smallest absolute Gasteiger partial charge is 0.251 e. The zero-order valence-corrected chi connectivity index (χ0v) is 15.1. The summed E-state index contributed by atoms with van der Waals surface area (Å²) in [7, 11) is 0.702. The van der Waals surface area contributed by atoms with Gasteiger partial charge in [-0.3, -0.25) is 9.00 Å². The molecule has 0 heterocycles. The summed E-state index contributed by atoms with van der Waals surface area (Å²) in [5, 5.41) is 3.06. The van der Waals surface area contributed by atoms with Gasteiger partial charge in [0.25, 0.3) is 5.91 Å². The van der Waals surface area contributed by atoms with E-state index in [0.717, 1.165) is 23.3 Å². The molecule has 2 aromatic rings. The molecule has 0 aliphatic carbocycles. The van der Waals surface area contributed by atoms with Gasteiger partial charge in [-0.25, -0.2) is 0 Å². The minimum absolute atomic E-state index is 0.0626. The van der Waals surface area contributed by atoms with Crippen LogP contribution in [0.25, 0.3) is 0 Å². The van der Waals surface area contributed by atoms with Gasteiger partial charge >= 0.3 is 0 Å². The van der Waals surface area contributed by atoms with E-state index in [2.05, 4.69) is 5.32 Å². The summed E-state index contributed by atoms with van der Waals surface area (Å²) < 4.78 is 16.5. The van der Waals surface area contributed by atoms with Crippen LogP contribution < -0.4 is 10.1 Å². The summed E-state index contributed by atoms with van der Waals surface area (Å²) in [6.07, 6.45) is 2.44. The maximum Gasteiger partial charge on any atom is 0.251 e. The van der Waals surface area contributed by atoms with Gasteiger partial charge in [-0.15, -0.1) is 0 Å². The summed E-state index contributed by atoms with van der Waals surface area (Å²) in [5.41, 5.74) is 2.53. The van der Waals surface area contributed by atoms with E-state index in [9.17, 15) is 9.00 Å². The van der Waals surface area contributed by atoms with Gasteiger partial charge in [-0.1, -0.05) is 31.2 Å². The third kappa shape index (κ3) is 4.93. The van der Waals surface area contributed by atoms with E-state index in [4.69, 9.17) is 4.74 Å². The van der Waals surface area contributed by atoms with E-state index in [1.165, 1.54) is 0 Å². The molecule has 2 aromatic carbocycles. The molecular formula is C19H23NO3S. The number of ether oxygens (including phenoxy) is 1. The standard InChI is InChI=1S/C19H23NO3S/c1-4-18(15-8-10-17(23-2)11-9-15)20-19(21)16-7-5-6-14(12-16)13-24(3)22/h5-12,18H,4,13H2,1-3H3,(H,20,21). The van der Waals surface area contributed by atoms with Crippen molar-refractivity contribution in [3.8, 4) is 5.75 Å². The van der Waals surface area contributed by atoms with E-state index in [0.29, 0.717) is 11.3 Å². The monoisotopic (exact) mass is 345 g/mol. The lowest BCUT2D eigenvalue weighted by Crippen LogP contribution is -2.28. The van der Waals surface area contributed by atoms with Crippen LogP contribution in [0.5, 0.6) is 5.75 Å². The number of nitrogens with one attached hydrogen (secondary N) is 1. The molecule has 0 radical (unpaired) electrons. The van der Waals surface area contributed by atoms with Crippen molar-refractivity contribution in [2.75, 3.05) is 13.4 Å². The maximum atomic E-state index is 12.5. The van der Waals surface area contributed by atoms with E-state index < -0.39 is 10.8 Å². The first kappa shape index (κ1) is 18.2. The van der Waals surface area contributed by atoms with Gasteiger partial charge in [0.1, 0.15) is 5.75 Å². The molecule has 0 fully saturated rings. The fraction of sp³-hybridized carbons (Fsp3) is 0.316. The van der Waals surface area contributed by atoms with E-state index in [1.807, 2.05) is 43.3 Å². The van der Waals surface area contributed by atoms with Gasteiger partial charge in [0, 0.05) is 28.4 Å². The predicted molar refractivity (Wildman–Crippen MR) is 97.7 cm³/mol. The van der Waals surface area contributed by atoms with Crippen molar-refractivity contribution in [2.24, 2.45) is 0 Å². The topological polar surface area (TPSA) is 55.4 Å². The summed E-state index contributed by atoms with van der Waals surface area (Å²) in [6, 6.07) is 14.9.